The van der Waals surface area contributed by atoms with Crippen LogP contribution >= 0.6 is 11.8 Å². The van der Waals surface area contributed by atoms with Crippen LogP contribution in [0.2, 0.25) is 0 Å². The molecule has 0 spiro atoms. The molecule has 0 saturated heterocycles. The van der Waals surface area contributed by atoms with Gasteiger partial charge in [0.25, 0.3) is 0 Å². The van der Waals surface area contributed by atoms with Crippen molar-refractivity contribution in [2.45, 2.75) is 24.2 Å². The normalized spacial score (nSPS) is 15.2. The van der Waals surface area contributed by atoms with Crippen molar-refractivity contribution >= 4 is 23.5 Å². The summed E-state index contributed by atoms with van der Waals surface area (Å²) in [5.41, 5.74) is 1.32. The number of hydrogen-bond donors (Lipinski definition) is 2. The molecule has 0 bridgehead atoms. The maximum Gasteiger partial charge on any atom is 0.222 e. The molecule has 2 heterocycles. The van der Waals surface area contributed by atoms with Crippen LogP contribution in [0.3, 0.4) is 0 Å². The zero-order valence-electron chi connectivity index (χ0n) is 13.5. The Bertz CT molecular complexity index is 610. The van der Waals surface area contributed by atoms with Gasteiger partial charge in [0.15, 0.2) is 0 Å². The maximum atomic E-state index is 4.47. The maximum absolute atomic E-state index is 4.47. The van der Waals surface area contributed by atoms with Crippen LogP contribution < -0.4 is 10.6 Å². The number of aromatic nitrogens is 3. The third-order valence-electron chi connectivity index (χ3n) is 3.79. The summed E-state index contributed by atoms with van der Waals surface area (Å²) in [6.45, 7) is 3.86. The van der Waals surface area contributed by atoms with Gasteiger partial charge in [0, 0.05) is 36.6 Å². The fourth-order valence-electron chi connectivity index (χ4n) is 2.20. The highest BCUT2D eigenvalue weighted by Gasteiger charge is 2.23. The minimum Gasteiger partial charge on any atom is -0.370 e. The Kier molecular flexibility index (Phi) is 5.33. The van der Waals surface area contributed by atoms with Gasteiger partial charge in [0.2, 0.25) is 5.95 Å². The van der Waals surface area contributed by atoms with Gasteiger partial charge in [0.1, 0.15) is 5.82 Å². The predicted octanol–water partition coefficient (Wildman–Crippen LogP) is 3.45. The second-order valence-corrected chi connectivity index (χ2v) is 6.75. The quantitative estimate of drug-likeness (QED) is 0.724. The molecule has 3 rings (SSSR count). The molecule has 121 valence electrons. The second-order valence-electron chi connectivity index (χ2n) is 5.87. The molecule has 23 heavy (non-hydrogen) atoms. The van der Waals surface area contributed by atoms with Crippen molar-refractivity contribution in [3.8, 4) is 0 Å². The van der Waals surface area contributed by atoms with Crippen molar-refractivity contribution in [2.24, 2.45) is 5.92 Å². The van der Waals surface area contributed by atoms with Crippen molar-refractivity contribution in [1.29, 1.82) is 0 Å². The van der Waals surface area contributed by atoms with Gasteiger partial charge in [-0.05, 0) is 42.6 Å². The van der Waals surface area contributed by atoms with E-state index in [0.29, 0.717) is 17.8 Å². The van der Waals surface area contributed by atoms with E-state index in [-0.39, 0.29) is 0 Å². The van der Waals surface area contributed by atoms with E-state index in [1.165, 1.54) is 12.0 Å². The summed E-state index contributed by atoms with van der Waals surface area (Å²) in [6, 6.07) is 4.22. The van der Waals surface area contributed by atoms with Crippen LogP contribution in [0.1, 0.15) is 24.8 Å². The third-order valence-corrected chi connectivity index (χ3v) is 4.47. The Morgan fingerprint density at radius 1 is 1.13 bits per heavy atom. The number of rotatable bonds is 8. The molecule has 6 heteroatoms. The lowest BCUT2D eigenvalue weighted by Crippen LogP contribution is -2.20. The van der Waals surface area contributed by atoms with E-state index < -0.39 is 0 Å². The van der Waals surface area contributed by atoms with Gasteiger partial charge < -0.3 is 10.6 Å². The van der Waals surface area contributed by atoms with E-state index in [4.69, 9.17) is 0 Å². The molecule has 2 N–H and O–H groups in total. The zero-order valence-corrected chi connectivity index (χ0v) is 14.3. The van der Waals surface area contributed by atoms with Crippen molar-refractivity contribution in [3.63, 3.8) is 0 Å². The molecule has 1 fully saturated rings. The van der Waals surface area contributed by atoms with Gasteiger partial charge in [-0.15, -0.1) is 11.8 Å². The second kappa shape index (κ2) is 7.64. The molecule has 1 aliphatic carbocycles. The summed E-state index contributed by atoms with van der Waals surface area (Å²) in [5.74, 6) is 2.69. The molecule has 0 aliphatic heterocycles. The van der Waals surface area contributed by atoms with Crippen LogP contribution in [-0.2, 0) is 0 Å². The molecule has 0 amide bonds. The SMILES string of the molecule is CSc1cnc(NC[C@H](C)CNc2ccc(C3[CH]C3)cn2)nc1. The first-order chi connectivity index (χ1) is 11.2. The molecule has 0 aromatic carbocycles. The number of thioether (sulfide) groups is 1. The fourth-order valence-corrected chi connectivity index (χ4v) is 2.52. The molecule has 2 atom stereocenters. The number of pyridine rings is 1. The van der Waals surface area contributed by atoms with Crippen LogP contribution in [0.5, 0.6) is 0 Å². The van der Waals surface area contributed by atoms with Crippen molar-refractivity contribution < 1.29 is 0 Å². The van der Waals surface area contributed by atoms with Crippen LogP contribution in [0, 0.1) is 12.3 Å². The number of nitrogens with zero attached hydrogens (tertiary/aromatic N) is 3. The van der Waals surface area contributed by atoms with E-state index in [2.05, 4.69) is 51.1 Å². The van der Waals surface area contributed by atoms with Crippen LogP contribution in [0.25, 0.3) is 0 Å². The first-order valence-corrected chi connectivity index (χ1v) is 9.10. The van der Waals surface area contributed by atoms with E-state index in [0.717, 1.165) is 23.8 Å². The summed E-state index contributed by atoms with van der Waals surface area (Å²) in [5, 5.41) is 6.65. The predicted molar refractivity (Wildman–Crippen MR) is 95.9 cm³/mol. The molecule has 2 aromatic rings. The van der Waals surface area contributed by atoms with Gasteiger partial charge in [-0.25, -0.2) is 15.0 Å². The van der Waals surface area contributed by atoms with Gasteiger partial charge in [-0.2, -0.15) is 0 Å². The Labute approximate surface area is 141 Å². The Morgan fingerprint density at radius 3 is 2.48 bits per heavy atom. The van der Waals surface area contributed by atoms with E-state index in [1.807, 2.05) is 24.8 Å². The average Bonchev–Trinajstić information content (AvgIpc) is 3.44. The van der Waals surface area contributed by atoms with Crippen molar-refractivity contribution in [2.75, 3.05) is 30.0 Å². The average molecular weight is 328 g/mol. The summed E-state index contributed by atoms with van der Waals surface area (Å²) in [6.07, 6.45) is 11.2. The van der Waals surface area contributed by atoms with Crippen LogP contribution in [-0.4, -0.2) is 34.3 Å². The molecule has 5 nitrogen and oxygen atoms in total. The number of nitrogens with one attached hydrogen (secondary N) is 2. The Balaban J connectivity index is 1.40. The molecular weight excluding hydrogens is 306 g/mol. The Hall–Kier alpha value is -1.82. The minimum atomic E-state index is 0.442. The lowest BCUT2D eigenvalue weighted by Gasteiger charge is -2.14. The molecule has 1 unspecified atom stereocenters. The summed E-state index contributed by atoms with van der Waals surface area (Å²) in [7, 11) is 0. The van der Waals surface area contributed by atoms with Gasteiger partial charge in [0.05, 0.1) is 0 Å². The van der Waals surface area contributed by atoms with Crippen LogP contribution in [0.4, 0.5) is 11.8 Å². The lowest BCUT2D eigenvalue weighted by atomic mass is 10.1. The highest BCUT2D eigenvalue weighted by molar-refractivity contribution is 7.98. The van der Waals surface area contributed by atoms with E-state index in [9.17, 15) is 0 Å². The summed E-state index contributed by atoms with van der Waals surface area (Å²) >= 11 is 1.64. The number of hydrogen-bond acceptors (Lipinski definition) is 6. The molecular formula is C17H22N5S. The zero-order chi connectivity index (χ0) is 16.1. The van der Waals surface area contributed by atoms with Gasteiger partial charge >= 0.3 is 0 Å². The van der Waals surface area contributed by atoms with E-state index >= 15 is 0 Å². The smallest absolute Gasteiger partial charge is 0.222 e. The topological polar surface area (TPSA) is 62.7 Å². The van der Waals surface area contributed by atoms with Gasteiger partial charge in [-0.3, -0.25) is 0 Å². The first-order valence-electron chi connectivity index (χ1n) is 7.87. The third kappa shape index (κ3) is 4.82. The highest BCUT2D eigenvalue weighted by atomic mass is 32.2. The van der Waals surface area contributed by atoms with Crippen molar-refractivity contribution in [3.05, 3.63) is 42.7 Å². The summed E-state index contributed by atoms with van der Waals surface area (Å²) in [4.78, 5) is 14.1. The molecule has 1 saturated carbocycles. The first kappa shape index (κ1) is 16.1. The largest absolute Gasteiger partial charge is 0.370 e. The van der Waals surface area contributed by atoms with E-state index in [1.54, 1.807) is 11.8 Å². The molecule has 2 aromatic heterocycles. The van der Waals surface area contributed by atoms with Crippen LogP contribution in [0.15, 0.2) is 35.6 Å². The monoisotopic (exact) mass is 328 g/mol. The number of anilines is 2. The molecule has 1 radical (unpaired) electrons. The highest BCUT2D eigenvalue weighted by Crippen LogP contribution is 2.38. The minimum absolute atomic E-state index is 0.442. The summed E-state index contributed by atoms with van der Waals surface area (Å²) < 4.78 is 0. The standard InChI is InChI=1S/C17H22N5S/c1-12(8-20-17-21-10-15(23-2)11-22-17)7-18-16-6-5-14(9-19-16)13-3-4-13/h3,5-6,9-13H,4,7-8H2,1-2H3,(H,18,19)(H,20,21,22)/t12-,13?/m1/s1. The van der Waals surface area contributed by atoms with Crippen molar-refractivity contribution in [1.82, 2.24) is 15.0 Å². The Morgan fingerprint density at radius 2 is 1.87 bits per heavy atom. The lowest BCUT2D eigenvalue weighted by molar-refractivity contribution is 0.644. The van der Waals surface area contributed by atoms with Gasteiger partial charge in [-0.1, -0.05) is 13.0 Å². The fraction of sp³-hybridized carbons (Fsp3) is 0.412. The molecule has 1 aliphatic rings.